The maximum Gasteiger partial charge on any atom is 0.232 e. The monoisotopic (exact) mass is 207 g/mol. The summed E-state index contributed by atoms with van der Waals surface area (Å²) in [5.74, 6) is 1.47. The minimum absolute atomic E-state index is 0.410. The van der Waals surface area contributed by atoms with Crippen molar-refractivity contribution in [3.05, 3.63) is 18.1 Å². The summed E-state index contributed by atoms with van der Waals surface area (Å²) in [6, 6.07) is 0. The van der Waals surface area contributed by atoms with E-state index in [4.69, 9.17) is 10.5 Å². The summed E-state index contributed by atoms with van der Waals surface area (Å²) >= 11 is 0. The molecule has 2 N–H and O–H groups in total. The molecule has 1 aromatic heterocycles. The van der Waals surface area contributed by atoms with Crippen molar-refractivity contribution < 1.29 is 4.74 Å². The molecule has 0 amide bonds. The summed E-state index contributed by atoms with van der Waals surface area (Å²) in [7, 11) is 0. The first-order valence-electron chi connectivity index (χ1n) is 5.52. The molecule has 0 unspecified atom stereocenters. The van der Waals surface area contributed by atoms with Crippen molar-refractivity contribution in [2.75, 3.05) is 6.61 Å². The van der Waals surface area contributed by atoms with E-state index >= 15 is 0 Å². The van der Waals surface area contributed by atoms with Gasteiger partial charge in [-0.1, -0.05) is 19.3 Å². The van der Waals surface area contributed by atoms with E-state index in [1.807, 2.05) is 0 Å². The first-order chi connectivity index (χ1) is 7.38. The molecule has 2 rings (SSSR count). The average molecular weight is 207 g/mol. The summed E-state index contributed by atoms with van der Waals surface area (Å²) in [6.45, 7) is 1.15. The van der Waals surface area contributed by atoms with Gasteiger partial charge in [-0.3, -0.25) is 4.98 Å². The van der Waals surface area contributed by atoms with Gasteiger partial charge in [0.1, 0.15) is 0 Å². The third-order valence-electron chi connectivity index (χ3n) is 2.87. The average Bonchev–Trinajstić information content (AvgIpc) is 2.22. The van der Waals surface area contributed by atoms with Gasteiger partial charge >= 0.3 is 0 Å². The molecule has 0 aromatic carbocycles. The van der Waals surface area contributed by atoms with E-state index in [-0.39, 0.29) is 0 Å². The Kier molecular flexibility index (Phi) is 3.50. The summed E-state index contributed by atoms with van der Waals surface area (Å²) in [6.07, 6.45) is 8.54. The van der Waals surface area contributed by atoms with Gasteiger partial charge in [0, 0.05) is 12.7 Å². The van der Waals surface area contributed by atoms with Gasteiger partial charge in [-0.05, 0) is 12.3 Å². The third kappa shape index (κ3) is 2.89. The number of aromatic nitrogens is 2. The Labute approximate surface area is 89.9 Å². The quantitative estimate of drug-likeness (QED) is 0.795. The number of hydrogen-bond acceptors (Lipinski definition) is 4. The highest BCUT2D eigenvalue weighted by Crippen LogP contribution is 2.29. The molecule has 1 heterocycles. The van der Waals surface area contributed by atoms with Crippen LogP contribution in [-0.2, 0) is 6.54 Å². The molecule has 1 aliphatic rings. The van der Waals surface area contributed by atoms with Crippen LogP contribution in [0.3, 0.4) is 0 Å². The molecule has 0 atom stereocenters. The molecule has 1 fully saturated rings. The number of hydrogen-bond donors (Lipinski definition) is 1. The molecule has 0 aliphatic heterocycles. The Morgan fingerprint density at radius 2 is 2.27 bits per heavy atom. The molecule has 15 heavy (non-hydrogen) atoms. The van der Waals surface area contributed by atoms with Gasteiger partial charge < -0.3 is 10.5 Å². The van der Waals surface area contributed by atoms with Crippen molar-refractivity contribution in [1.82, 2.24) is 9.97 Å². The van der Waals surface area contributed by atoms with E-state index in [1.54, 1.807) is 12.4 Å². The molecule has 0 bridgehead atoms. The molecule has 1 aliphatic carbocycles. The van der Waals surface area contributed by atoms with Crippen LogP contribution in [0.4, 0.5) is 0 Å². The lowest BCUT2D eigenvalue weighted by atomic mass is 9.83. The van der Waals surface area contributed by atoms with E-state index in [9.17, 15) is 0 Å². The molecular formula is C11H17N3O. The van der Waals surface area contributed by atoms with E-state index < -0.39 is 0 Å². The maximum atomic E-state index is 5.53. The van der Waals surface area contributed by atoms with Gasteiger partial charge in [-0.15, -0.1) is 0 Å². The van der Waals surface area contributed by atoms with Crippen molar-refractivity contribution in [3.8, 4) is 5.88 Å². The number of nitrogens with two attached hydrogens (primary N) is 1. The van der Waals surface area contributed by atoms with Crippen LogP contribution in [0.5, 0.6) is 5.88 Å². The Morgan fingerprint density at radius 3 is 2.93 bits per heavy atom. The van der Waals surface area contributed by atoms with Gasteiger partial charge in [0.15, 0.2) is 0 Å². The van der Waals surface area contributed by atoms with Gasteiger partial charge in [-0.2, -0.15) is 0 Å². The predicted molar refractivity (Wildman–Crippen MR) is 57.4 cm³/mol. The zero-order chi connectivity index (χ0) is 10.5. The molecule has 1 aromatic rings. The molecule has 82 valence electrons. The molecule has 0 saturated heterocycles. The van der Waals surface area contributed by atoms with E-state index in [0.29, 0.717) is 12.4 Å². The zero-order valence-electron chi connectivity index (χ0n) is 8.85. The third-order valence-corrected chi connectivity index (χ3v) is 2.87. The highest BCUT2D eigenvalue weighted by molar-refractivity contribution is 5.07. The highest BCUT2D eigenvalue weighted by atomic mass is 16.5. The predicted octanol–water partition coefficient (Wildman–Crippen LogP) is 1.50. The molecule has 0 radical (unpaired) electrons. The summed E-state index contributed by atoms with van der Waals surface area (Å²) in [4.78, 5) is 8.24. The second-order valence-electron chi connectivity index (χ2n) is 3.99. The number of nitrogens with zero attached hydrogens (tertiary/aromatic N) is 2. The van der Waals surface area contributed by atoms with Crippen molar-refractivity contribution >= 4 is 0 Å². The van der Waals surface area contributed by atoms with Crippen LogP contribution in [0.25, 0.3) is 0 Å². The number of rotatable bonds is 5. The smallest absolute Gasteiger partial charge is 0.232 e. The van der Waals surface area contributed by atoms with E-state index in [1.165, 1.54) is 19.3 Å². The summed E-state index contributed by atoms with van der Waals surface area (Å²) < 4.78 is 5.53. The van der Waals surface area contributed by atoms with Crippen LogP contribution in [0, 0.1) is 5.92 Å². The van der Waals surface area contributed by atoms with Crippen molar-refractivity contribution in [2.24, 2.45) is 11.7 Å². The standard InChI is InChI=1S/C11H17N3O/c12-6-10-7-13-8-11(14-10)15-5-4-9-2-1-3-9/h7-9H,1-6,12H2. The summed E-state index contributed by atoms with van der Waals surface area (Å²) in [5.41, 5.74) is 6.24. The maximum absolute atomic E-state index is 5.53. The summed E-state index contributed by atoms with van der Waals surface area (Å²) in [5, 5.41) is 0. The van der Waals surface area contributed by atoms with Crippen LogP contribution < -0.4 is 10.5 Å². The Bertz CT molecular complexity index is 312. The van der Waals surface area contributed by atoms with Crippen LogP contribution in [0.15, 0.2) is 12.4 Å². The van der Waals surface area contributed by atoms with Gasteiger partial charge in [-0.25, -0.2) is 4.98 Å². The Balaban J connectivity index is 1.76. The van der Waals surface area contributed by atoms with Gasteiger partial charge in [0.05, 0.1) is 18.5 Å². The fourth-order valence-electron chi connectivity index (χ4n) is 1.67. The molecular weight excluding hydrogens is 190 g/mol. The van der Waals surface area contributed by atoms with Crippen LogP contribution in [0.1, 0.15) is 31.4 Å². The Morgan fingerprint density at radius 1 is 1.40 bits per heavy atom. The van der Waals surface area contributed by atoms with Crippen LogP contribution in [-0.4, -0.2) is 16.6 Å². The Hall–Kier alpha value is -1.16. The molecule has 0 spiro atoms. The lowest BCUT2D eigenvalue weighted by molar-refractivity contribution is 0.216. The highest BCUT2D eigenvalue weighted by Gasteiger charge is 2.16. The molecule has 4 nitrogen and oxygen atoms in total. The number of ether oxygens (including phenoxy) is 1. The first kappa shape index (κ1) is 10.4. The zero-order valence-corrected chi connectivity index (χ0v) is 8.85. The molecule has 4 heteroatoms. The van der Waals surface area contributed by atoms with E-state index in [0.717, 1.165) is 24.6 Å². The second-order valence-corrected chi connectivity index (χ2v) is 3.99. The largest absolute Gasteiger partial charge is 0.477 e. The first-order valence-corrected chi connectivity index (χ1v) is 5.52. The van der Waals surface area contributed by atoms with Crippen LogP contribution >= 0.6 is 0 Å². The van der Waals surface area contributed by atoms with Crippen LogP contribution in [0.2, 0.25) is 0 Å². The lowest BCUT2D eigenvalue weighted by Crippen LogP contribution is -2.15. The fourth-order valence-corrected chi connectivity index (χ4v) is 1.67. The molecule has 1 saturated carbocycles. The minimum Gasteiger partial charge on any atom is -0.477 e. The van der Waals surface area contributed by atoms with E-state index in [2.05, 4.69) is 9.97 Å². The second kappa shape index (κ2) is 5.07. The van der Waals surface area contributed by atoms with Crippen molar-refractivity contribution in [1.29, 1.82) is 0 Å². The minimum atomic E-state index is 0.410. The van der Waals surface area contributed by atoms with Gasteiger partial charge in [0.2, 0.25) is 5.88 Å². The normalized spacial score (nSPS) is 16.1. The topological polar surface area (TPSA) is 61.0 Å². The van der Waals surface area contributed by atoms with Crippen molar-refractivity contribution in [3.63, 3.8) is 0 Å². The fraction of sp³-hybridized carbons (Fsp3) is 0.636. The SMILES string of the molecule is NCc1cncc(OCCC2CCC2)n1. The van der Waals surface area contributed by atoms with Crippen molar-refractivity contribution in [2.45, 2.75) is 32.2 Å². The lowest BCUT2D eigenvalue weighted by Gasteiger charge is -2.24. The van der Waals surface area contributed by atoms with Gasteiger partial charge in [0.25, 0.3) is 0 Å².